The maximum absolute atomic E-state index is 10.2. The molecule has 1 nitrogen and oxygen atoms in total. The first-order chi connectivity index (χ1) is 2.80. The number of carbonyl (C=O) groups is 1. The lowest BCUT2D eigenvalue weighted by molar-refractivity contribution is -0.112. The SMILES string of the molecule is O=C([PH3+])C1CC1.[Cl-]. The predicted octanol–water partition coefficient (Wildman–Crippen LogP) is -2.47. The molecular weight excluding hydrogens is 130 g/mol. The molecule has 1 aliphatic rings. The van der Waals surface area contributed by atoms with Crippen LogP contribution in [0, 0.1) is 5.92 Å². The molecule has 0 bridgehead atoms. The van der Waals surface area contributed by atoms with Crippen molar-refractivity contribution < 1.29 is 17.2 Å². The van der Waals surface area contributed by atoms with Crippen LogP contribution in [0.5, 0.6) is 0 Å². The van der Waals surface area contributed by atoms with Gasteiger partial charge in [0, 0.05) is 9.24 Å². The molecule has 1 unspecified atom stereocenters. The van der Waals surface area contributed by atoms with Gasteiger partial charge in [-0.05, 0) is 12.8 Å². The van der Waals surface area contributed by atoms with Crippen molar-refractivity contribution in [3.63, 3.8) is 0 Å². The highest BCUT2D eigenvalue weighted by Crippen LogP contribution is 2.31. The first-order valence-electron chi connectivity index (χ1n) is 2.16. The molecule has 0 aliphatic heterocycles. The van der Waals surface area contributed by atoms with Gasteiger partial charge in [0.05, 0.1) is 5.92 Å². The smallest absolute Gasteiger partial charge is 0.263 e. The Morgan fingerprint density at radius 1 is 1.57 bits per heavy atom. The minimum Gasteiger partial charge on any atom is -1.00 e. The Bertz CT molecular complexity index is 79.8. The summed E-state index contributed by atoms with van der Waals surface area (Å²) in [6.45, 7) is 0. The topological polar surface area (TPSA) is 17.1 Å². The van der Waals surface area contributed by atoms with E-state index >= 15 is 0 Å². The Kier molecular flexibility index (Phi) is 2.78. The summed E-state index contributed by atoms with van der Waals surface area (Å²) in [5, 5.41) is 0. The second kappa shape index (κ2) is 2.64. The van der Waals surface area contributed by atoms with Crippen LogP contribution in [-0.2, 0) is 4.79 Å². The number of carbonyl (C=O) groups excluding carboxylic acids is 1. The van der Waals surface area contributed by atoms with Crippen LogP contribution in [0.3, 0.4) is 0 Å². The van der Waals surface area contributed by atoms with Crippen molar-refractivity contribution in [1.29, 1.82) is 0 Å². The largest absolute Gasteiger partial charge is 1.00 e. The highest BCUT2D eigenvalue weighted by molar-refractivity contribution is 7.40. The van der Waals surface area contributed by atoms with E-state index in [0.717, 1.165) is 12.8 Å². The molecule has 3 heteroatoms. The van der Waals surface area contributed by atoms with Gasteiger partial charge in [0.15, 0.2) is 0 Å². The fourth-order valence-electron chi connectivity index (χ4n) is 0.405. The number of rotatable bonds is 1. The minimum absolute atomic E-state index is 0. The van der Waals surface area contributed by atoms with Crippen LogP contribution in [-0.4, -0.2) is 5.52 Å². The van der Waals surface area contributed by atoms with Gasteiger partial charge in [-0.3, -0.25) is 4.79 Å². The van der Waals surface area contributed by atoms with Crippen molar-refractivity contribution in [3.05, 3.63) is 0 Å². The average molecular weight is 139 g/mol. The molecule has 1 rings (SSSR count). The van der Waals surface area contributed by atoms with Crippen molar-refractivity contribution in [3.8, 4) is 0 Å². The molecule has 0 saturated heterocycles. The van der Waals surface area contributed by atoms with E-state index in [1.54, 1.807) is 0 Å². The number of hydrogen-bond donors (Lipinski definition) is 0. The zero-order chi connectivity index (χ0) is 4.57. The minimum atomic E-state index is 0. The predicted molar refractivity (Wildman–Crippen MR) is 28.8 cm³/mol. The highest BCUT2D eigenvalue weighted by atomic mass is 35.5. The summed E-state index contributed by atoms with van der Waals surface area (Å²) >= 11 is 0. The van der Waals surface area contributed by atoms with E-state index < -0.39 is 0 Å². The molecule has 0 aromatic rings. The van der Waals surface area contributed by atoms with Gasteiger partial charge < -0.3 is 12.4 Å². The van der Waals surface area contributed by atoms with E-state index in [0.29, 0.717) is 11.4 Å². The van der Waals surface area contributed by atoms with Gasteiger partial charge in [-0.1, -0.05) is 0 Å². The molecule has 1 atom stereocenters. The lowest BCUT2D eigenvalue weighted by Gasteiger charge is -1.68. The maximum atomic E-state index is 10.2. The van der Waals surface area contributed by atoms with Crippen LogP contribution in [0.1, 0.15) is 12.8 Å². The van der Waals surface area contributed by atoms with Gasteiger partial charge in [-0.25, -0.2) is 0 Å². The first kappa shape index (κ1) is 7.39. The van der Waals surface area contributed by atoms with Gasteiger partial charge in [-0.15, -0.1) is 0 Å². The van der Waals surface area contributed by atoms with E-state index in [-0.39, 0.29) is 12.4 Å². The van der Waals surface area contributed by atoms with Crippen LogP contribution < -0.4 is 12.4 Å². The lowest BCUT2D eigenvalue weighted by Crippen LogP contribution is -3.00. The van der Waals surface area contributed by atoms with Crippen LogP contribution in [0.15, 0.2) is 0 Å². The molecule has 0 amide bonds. The van der Waals surface area contributed by atoms with Gasteiger partial charge in [-0.2, -0.15) is 0 Å². The van der Waals surface area contributed by atoms with Crippen molar-refractivity contribution in [2.24, 2.45) is 5.92 Å². The number of hydrogen-bond acceptors (Lipinski definition) is 1. The van der Waals surface area contributed by atoms with Gasteiger partial charge in [0.25, 0.3) is 5.52 Å². The molecule has 1 saturated carbocycles. The third kappa shape index (κ3) is 2.25. The third-order valence-electron chi connectivity index (χ3n) is 1.03. The molecule has 7 heavy (non-hydrogen) atoms. The molecule has 0 heterocycles. The van der Waals surface area contributed by atoms with Gasteiger partial charge in [0.1, 0.15) is 0 Å². The molecule has 0 spiro atoms. The Morgan fingerprint density at radius 3 is 2.00 bits per heavy atom. The van der Waals surface area contributed by atoms with Crippen LogP contribution in [0.25, 0.3) is 0 Å². The maximum Gasteiger partial charge on any atom is 0.263 e. The third-order valence-corrected chi connectivity index (χ3v) is 1.61. The zero-order valence-corrected chi connectivity index (χ0v) is 6.16. The zero-order valence-electron chi connectivity index (χ0n) is 3.98. The molecule has 0 aromatic heterocycles. The highest BCUT2D eigenvalue weighted by Gasteiger charge is 2.29. The average Bonchev–Trinajstić information content (AvgIpc) is 2.06. The fourth-order valence-corrected chi connectivity index (χ4v) is 0.814. The molecule has 0 N–H and O–H groups in total. The normalized spacial score (nSPS) is 18.3. The lowest BCUT2D eigenvalue weighted by atomic mass is 10.5. The summed E-state index contributed by atoms with van der Waals surface area (Å²) in [6, 6.07) is 0. The monoisotopic (exact) mass is 138 g/mol. The quantitative estimate of drug-likeness (QED) is 0.367. The van der Waals surface area contributed by atoms with Crippen molar-refractivity contribution in [1.82, 2.24) is 0 Å². The van der Waals surface area contributed by atoms with Crippen molar-refractivity contribution in [2.45, 2.75) is 12.8 Å². The van der Waals surface area contributed by atoms with Gasteiger partial charge >= 0.3 is 0 Å². The second-order valence-corrected chi connectivity index (χ2v) is 2.44. The Morgan fingerprint density at radius 2 is 2.00 bits per heavy atom. The molecule has 0 aromatic carbocycles. The summed E-state index contributed by atoms with van der Waals surface area (Å²) < 4.78 is 0. The van der Waals surface area contributed by atoms with Gasteiger partial charge in [0.2, 0.25) is 0 Å². The van der Waals surface area contributed by atoms with Crippen LogP contribution in [0.4, 0.5) is 0 Å². The molecule has 0 radical (unpaired) electrons. The number of halogens is 1. The molecular formula is C4H8ClOP. The van der Waals surface area contributed by atoms with E-state index in [9.17, 15) is 4.79 Å². The molecule has 1 aliphatic carbocycles. The Balaban J connectivity index is 0.000000360. The summed E-state index contributed by atoms with van der Waals surface area (Å²) in [5.41, 5.74) is 0.398. The second-order valence-electron chi connectivity index (χ2n) is 1.74. The van der Waals surface area contributed by atoms with E-state index in [2.05, 4.69) is 0 Å². The standard InChI is InChI=1S/C4H7OP.ClH/c5-4(6)3-1-2-3;/h3H,1-2,6H2;1H. The first-order valence-corrected chi connectivity index (χ1v) is 2.87. The summed E-state index contributed by atoms with van der Waals surface area (Å²) in [7, 11) is 1.49. The van der Waals surface area contributed by atoms with Crippen molar-refractivity contribution >= 4 is 14.8 Å². The summed E-state index contributed by atoms with van der Waals surface area (Å²) in [5.74, 6) is 0.475. The Hall–Kier alpha value is 0.390. The molecule has 1 fully saturated rings. The van der Waals surface area contributed by atoms with E-state index in [4.69, 9.17) is 0 Å². The van der Waals surface area contributed by atoms with Crippen LogP contribution in [0.2, 0.25) is 0 Å². The van der Waals surface area contributed by atoms with E-state index in [1.165, 1.54) is 9.24 Å². The molecule has 42 valence electrons. The van der Waals surface area contributed by atoms with E-state index in [1.807, 2.05) is 0 Å². The summed E-state index contributed by atoms with van der Waals surface area (Å²) in [4.78, 5) is 10.2. The fraction of sp³-hybridized carbons (Fsp3) is 0.750. The Labute approximate surface area is 51.5 Å². The summed E-state index contributed by atoms with van der Waals surface area (Å²) in [6.07, 6.45) is 2.31. The van der Waals surface area contributed by atoms with Crippen molar-refractivity contribution in [2.75, 3.05) is 0 Å². The van der Waals surface area contributed by atoms with Crippen LogP contribution >= 0.6 is 9.24 Å².